The summed E-state index contributed by atoms with van der Waals surface area (Å²) < 4.78 is 9.55. The minimum Gasteiger partial charge on any atom is -0.454 e. The third kappa shape index (κ3) is 8.73. The molecule has 2 aliphatic rings. The number of benzene rings is 11. The van der Waals surface area contributed by atoms with Gasteiger partial charge >= 0.3 is 0 Å². The Hall–Kier alpha value is -9.30. The molecule has 0 bridgehead atoms. The molecule has 0 radical (unpaired) electrons. The predicted molar refractivity (Wildman–Crippen MR) is 366 cm³/mol. The number of furan rings is 1. The van der Waals surface area contributed by atoms with E-state index in [0.717, 1.165) is 84.5 Å². The van der Waals surface area contributed by atoms with Crippen molar-refractivity contribution in [2.24, 2.45) is 0 Å². The number of rotatable bonds is 8. The van der Waals surface area contributed by atoms with E-state index in [1.165, 1.54) is 58.9 Å². The van der Waals surface area contributed by atoms with Crippen molar-refractivity contribution in [1.29, 1.82) is 0 Å². The molecule has 85 heavy (non-hydrogen) atoms. The van der Waals surface area contributed by atoms with E-state index < -0.39 is 0 Å². The fraction of sp³-hybridized carbons (Fsp3) is 0.154. The Morgan fingerprint density at radius 1 is 0.365 bits per heavy atom. The van der Waals surface area contributed by atoms with Crippen LogP contribution in [-0.2, 0) is 16.2 Å². The van der Waals surface area contributed by atoms with E-state index in [1.54, 1.807) is 0 Å². The minimum atomic E-state index is -0.162. The average Bonchev–Trinajstić information content (AvgIpc) is 1.48. The van der Waals surface area contributed by atoms with Crippen LogP contribution in [0.2, 0.25) is 0 Å². The van der Waals surface area contributed by atoms with Crippen molar-refractivity contribution >= 4 is 145 Å². The molecule has 13 aromatic rings. The molecule has 0 atom stereocenters. The zero-order chi connectivity index (χ0) is 58.1. The molecule has 2 aromatic heterocycles. The van der Waals surface area contributed by atoms with Gasteiger partial charge in [0.1, 0.15) is 5.58 Å². The lowest BCUT2D eigenvalue weighted by Gasteiger charge is -2.45. The van der Waals surface area contributed by atoms with Gasteiger partial charge in [0.2, 0.25) is 0 Å². The first-order valence-corrected chi connectivity index (χ1v) is 30.7. The molecule has 11 aromatic carbocycles. The molecule has 2 aliphatic heterocycles. The Labute approximate surface area is 503 Å². The van der Waals surface area contributed by atoms with Gasteiger partial charge in [0, 0.05) is 82.4 Å². The Morgan fingerprint density at radius 3 is 1.46 bits per heavy atom. The summed E-state index contributed by atoms with van der Waals surface area (Å²) in [5, 5.41) is 4.75. The first-order valence-electron chi connectivity index (χ1n) is 29.9. The number of para-hydroxylation sites is 4. The van der Waals surface area contributed by atoms with Gasteiger partial charge in [0.25, 0.3) is 6.71 Å². The lowest BCUT2D eigenvalue weighted by molar-refractivity contribution is 0.590. The molecule has 0 N–H and O–H groups in total. The van der Waals surface area contributed by atoms with Crippen LogP contribution in [0.15, 0.2) is 247 Å². The van der Waals surface area contributed by atoms with Gasteiger partial charge in [0.15, 0.2) is 5.58 Å². The maximum absolute atomic E-state index is 6.95. The van der Waals surface area contributed by atoms with Gasteiger partial charge in [-0.2, -0.15) is 0 Å². The maximum atomic E-state index is 6.95. The van der Waals surface area contributed by atoms with Gasteiger partial charge in [-0.05, 0) is 164 Å². The van der Waals surface area contributed by atoms with E-state index in [4.69, 9.17) is 4.42 Å². The van der Waals surface area contributed by atoms with Crippen molar-refractivity contribution in [3.05, 3.63) is 259 Å². The van der Waals surface area contributed by atoms with Crippen molar-refractivity contribution < 1.29 is 4.42 Å². The predicted octanol–water partition coefficient (Wildman–Crippen LogP) is 20.9. The number of thiophene rings is 1. The van der Waals surface area contributed by atoms with Gasteiger partial charge in [-0.1, -0.05) is 196 Å². The molecule has 4 heterocycles. The summed E-state index contributed by atoms with van der Waals surface area (Å²) in [4.78, 5) is 10.0. The Kier molecular flexibility index (Phi) is 12.1. The summed E-state index contributed by atoms with van der Waals surface area (Å²) in [6, 6.07) is 90.7. The van der Waals surface area contributed by atoms with E-state index in [0.29, 0.717) is 0 Å². The van der Waals surface area contributed by atoms with Crippen LogP contribution in [0.5, 0.6) is 0 Å². The second-order valence-electron chi connectivity index (χ2n) is 26.2. The van der Waals surface area contributed by atoms with Crippen molar-refractivity contribution in [3.63, 3.8) is 0 Å². The van der Waals surface area contributed by atoms with Gasteiger partial charge in [0.05, 0.1) is 11.4 Å². The normalized spacial score (nSPS) is 13.2. The van der Waals surface area contributed by atoms with E-state index in [-0.39, 0.29) is 23.0 Å². The first-order chi connectivity index (χ1) is 41.1. The fourth-order valence-electron chi connectivity index (χ4n) is 13.3. The molecule has 0 spiro atoms. The highest BCUT2D eigenvalue weighted by atomic mass is 32.1. The van der Waals surface area contributed by atoms with Gasteiger partial charge in [-0.15, -0.1) is 11.3 Å². The third-order valence-electron chi connectivity index (χ3n) is 17.7. The molecule has 0 aliphatic carbocycles. The zero-order valence-corrected chi connectivity index (χ0v) is 50.6. The summed E-state index contributed by atoms with van der Waals surface area (Å²) >= 11 is 1.92. The van der Waals surface area contributed by atoms with Crippen LogP contribution in [0.4, 0.5) is 68.2 Å². The molecule has 0 fully saturated rings. The molecule has 15 rings (SSSR count). The van der Waals surface area contributed by atoms with Gasteiger partial charge in [-0.25, -0.2) is 0 Å². The maximum Gasteiger partial charge on any atom is 0.254 e. The molecule has 414 valence electrons. The van der Waals surface area contributed by atoms with Crippen LogP contribution in [0, 0.1) is 0 Å². The Bertz CT molecular complexity index is 4680. The number of nitrogens with zero attached hydrogens (tertiary/aromatic N) is 4. The molecular formula is C78H67BN4OS. The monoisotopic (exact) mass is 1120 g/mol. The average molecular weight is 1120 g/mol. The summed E-state index contributed by atoms with van der Waals surface area (Å²) in [5.41, 5.74) is 22.4. The topological polar surface area (TPSA) is 26.1 Å². The summed E-state index contributed by atoms with van der Waals surface area (Å²) in [6.45, 7) is 20.5. The fourth-order valence-corrected chi connectivity index (χ4v) is 14.6. The summed E-state index contributed by atoms with van der Waals surface area (Å²) in [7, 11) is 0. The molecule has 5 nitrogen and oxygen atoms in total. The first kappa shape index (κ1) is 52.5. The van der Waals surface area contributed by atoms with Crippen molar-refractivity contribution in [1.82, 2.24) is 0 Å². The number of anilines is 12. The van der Waals surface area contributed by atoms with Gasteiger partial charge in [-0.3, -0.25) is 0 Å². The SMILES string of the molecule is CC(C)(C)c1ccc(N2c3cc(N(c4ccc(C(C)(C)C)cc4)c4cccc5c4oc4ccccc45)ccc3B3c4c2cc(N(c2ccccc2)c2ccccc2)cc4N(c2ccc(C(C)(C)C)cc2)c2ccc4c(sc5ccccc54)c23)cc1. The molecule has 0 unspecified atom stereocenters. The lowest BCUT2D eigenvalue weighted by Crippen LogP contribution is -2.61. The quantitative estimate of drug-likeness (QED) is 0.141. The summed E-state index contributed by atoms with van der Waals surface area (Å²) in [5.74, 6) is 0. The standard InChI is InChI=1S/C78H67BN4OS/c1-76(2,3)50-31-37-55(38-32-50)81(66-28-20-27-62-60-25-16-18-29-70(60)84-74(62)66)58-43-45-64-67(47-58)83(57-41-35-52(36-42-57)78(7,8)9)69-49-59(80(53-21-12-10-13-22-53)54-23-14-11-15-24-54)48-68-72(69)79(64)73-65(82(68)56-39-33-51(34-40-56)77(4,5)6)46-44-63-61-26-17-19-30-71(61)85-75(63)73/h10-49H,1-9H3. The molecule has 0 amide bonds. The largest absolute Gasteiger partial charge is 0.454 e. The number of fused-ring (bicyclic) bond motifs is 11. The summed E-state index contributed by atoms with van der Waals surface area (Å²) in [6.07, 6.45) is 0. The molecular weight excluding hydrogens is 1050 g/mol. The van der Waals surface area contributed by atoms with Gasteiger partial charge < -0.3 is 24.0 Å². The second-order valence-corrected chi connectivity index (χ2v) is 27.3. The number of hydrogen-bond donors (Lipinski definition) is 0. The molecule has 0 saturated carbocycles. The van der Waals surface area contributed by atoms with Crippen LogP contribution in [0.25, 0.3) is 42.1 Å². The van der Waals surface area contributed by atoms with Crippen molar-refractivity contribution in [2.45, 2.75) is 78.6 Å². The van der Waals surface area contributed by atoms with E-state index in [9.17, 15) is 0 Å². The van der Waals surface area contributed by atoms with Crippen LogP contribution >= 0.6 is 11.3 Å². The van der Waals surface area contributed by atoms with E-state index in [1.807, 2.05) is 11.3 Å². The molecule has 7 heteroatoms. The van der Waals surface area contributed by atoms with Crippen molar-refractivity contribution in [3.8, 4) is 0 Å². The zero-order valence-electron chi connectivity index (χ0n) is 49.8. The smallest absolute Gasteiger partial charge is 0.254 e. The van der Waals surface area contributed by atoms with Crippen LogP contribution in [-0.4, -0.2) is 6.71 Å². The van der Waals surface area contributed by atoms with Crippen LogP contribution in [0.1, 0.15) is 79.0 Å². The minimum absolute atomic E-state index is 0.0206. The highest BCUT2D eigenvalue weighted by molar-refractivity contribution is 7.28. The van der Waals surface area contributed by atoms with E-state index in [2.05, 4.69) is 325 Å². The Morgan fingerprint density at radius 2 is 0.859 bits per heavy atom. The lowest BCUT2D eigenvalue weighted by atomic mass is 9.33. The van der Waals surface area contributed by atoms with Crippen LogP contribution in [0.3, 0.4) is 0 Å². The second kappa shape index (κ2) is 19.7. The van der Waals surface area contributed by atoms with Crippen molar-refractivity contribution in [2.75, 3.05) is 19.6 Å². The molecule has 0 saturated heterocycles. The van der Waals surface area contributed by atoms with Crippen LogP contribution < -0.4 is 36.0 Å². The highest BCUT2D eigenvalue weighted by Crippen LogP contribution is 2.52. The highest BCUT2D eigenvalue weighted by Gasteiger charge is 2.46. The Balaban J connectivity index is 1.07. The third-order valence-corrected chi connectivity index (χ3v) is 18.9. The van der Waals surface area contributed by atoms with E-state index >= 15 is 0 Å². The number of hydrogen-bond acceptors (Lipinski definition) is 6.